The Morgan fingerprint density at radius 2 is 1.68 bits per heavy atom. The van der Waals surface area contributed by atoms with Crippen LogP contribution in [0.2, 0.25) is 5.02 Å². The first-order valence-electron chi connectivity index (χ1n) is 18.1. The van der Waals surface area contributed by atoms with Gasteiger partial charge in [-0.05, 0) is 81.6 Å². The van der Waals surface area contributed by atoms with Crippen LogP contribution in [0.25, 0.3) is 0 Å². The number of halogens is 4. The van der Waals surface area contributed by atoms with Crippen LogP contribution in [0.1, 0.15) is 63.1 Å². The van der Waals surface area contributed by atoms with Crippen molar-refractivity contribution in [3.63, 3.8) is 0 Å². The van der Waals surface area contributed by atoms with Gasteiger partial charge in [0.2, 0.25) is 5.91 Å². The van der Waals surface area contributed by atoms with E-state index >= 15 is 4.79 Å². The molecule has 0 bridgehead atoms. The number of methoxy groups -OCH3 is 2. The molecular formula is C39H46ClF3N4O9S. The lowest BCUT2D eigenvalue weighted by atomic mass is 9.78. The van der Waals surface area contributed by atoms with Crippen molar-refractivity contribution in [3.8, 4) is 17.2 Å². The summed E-state index contributed by atoms with van der Waals surface area (Å²) in [5, 5.41) is 3.30. The number of piperidine rings is 1. The molecule has 1 N–H and O–H groups in total. The number of esters is 1. The average molecular weight is 839 g/mol. The standard InChI is InChI=1S/C39H46ClF3N4O9S/c1-37(2,3)56-34(48)17-18-44-23-24-11-15-31(54-7)28(20-24)38(46-19-9-8-10-30(46)35(49)45(4)5)27-21-25(40)12-14-29(27)47(36(38)50)57(51,52)33-16-13-26(53-6)22-32(33)55-39(41,42)43/h11-16,20-22,30,44H,8-10,17-19,23H2,1-7H3/t30-,38?/m0/s1. The molecule has 1 fully saturated rings. The third-order valence-electron chi connectivity index (χ3n) is 9.52. The van der Waals surface area contributed by atoms with Crippen molar-refractivity contribution >= 4 is 45.1 Å². The van der Waals surface area contributed by atoms with Gasteiger partial charge in [0.05, 0.1) is 32.4 Å². The second kappa shape index (κ2) is 16.7. The van der Waals surface area contributed by atoms with Crippen molar-refractivity contribution in [2.45, 2.75) is 81.4 Å². The van der Waals surface area contributed by atoms with Gasteiger partial charge in [-0.3, -0.25) is 19.3 Å². The van der Waals surface area contributed by atoms with Crippen molar-refractivity contribution in [1.29, 1.82) is 0 Å². The molecule has 2 amide bonds. The summed E-state index contributed by atoms with van der Waals surface area (Å²) in [4.78, 5) is 44.1. The Morgan fingerprint density at radius 3 is 2.32 bits per heavy atom. The van der Waals surface area contributed by atoms with Gasteiger partial charge in [0.1, 0.15) is 22.0 Å². The van der Waals surface area contributed by atoms with Crippen LogP contribution in [0.4, 0.5) is 18.9 Å². The quantitative estimate of drug-likeness (QED) is 0.160. The number of sulfonamides is 1. The largest absolute Gasteiger partial charge is 0.573 e. The first-order chi connectivity index (χ1) is 26.6. The van der Waals surface area contributed by atoms with E-state index in [1.165, 1.54) is 37.3 Å². The van der Waals surface area contributed by atoms with Crippen molar-refractivity contribution in [1.82, 2.24) is 15.1 Å². The van der Waals surface area contributed by atoms with Gasteiger partial charge < -0.3 is 29.2 Å². The minimum Gasteiger partial charge on any atom is -0.497 e. The normalized spacial score (nSPS) is 18.9. The SMILES string of the molecule is COc1ccc(S(=O)(=O)N2C(=O)C(c3cc(CNCCC(=O)OC(C)(C)C)ccc3OC)(N3CCCC[C@H]3C(=O)N(C)C)c3cc(Cl)ccc32)c(OC(F)(F)F)c1. The molecule has 3 aromatic rings. The van der Waals surface area contributed by atoms with E-state index in [0.29, 0.717) is 29.1 Å². The molecule has 5 rings (SSSR count). The fourth-order valence-electron chi connectivity index (χ4n) is 7.26. The lowest BCUT2D eigenvalue weighted by molar-refractivity contribution is -0.275. The number of fused-ring (bicyclic) bond motifs is 1. The molecule has 3 aromatic carbocycles. The van der Waals surface area contributed by atoms with E-state index in [9.17, 15) is 31.2 Å². The van der Waals surface area contributed by atoms with Crippen LogP contribution in [-0.4, -0.2) is 95.4 Å². The van der Waals surface area contributed by atoms with Gasteiger partial charge in [-0.2, -0.15) is 0 Å². The summed E-state index contributed by atoms with van der Waals surface area (Å²) in [5.41, 5.74) is -2.20. The average Bonchev–Trinajstić information content (AvgIpc) is 3.39. The number of carbonyl (C=O) groups excluding carboxylic acids is 3. The number of hydrogen-bond donors (Lipinski definition) is 1. The Bertz CT molecular complexity index is 2130. The summed E-state index contributed by atoms with van der Waals surface area (Å²) in [6, 6.07) is 10.8. The molecule has 2 atom stereocenters. The van der Waals surface area contributed by atoms with E-state index < -0.39 is 56.1 Å². The smallest absolute Gasteiger partial charge is 0.497 e. The minimum absolute atomic E-state index is 0.0576. The molecule has 0 spiro atoms. The molecule has 18 heteroatoms. The van der Waals surface area contributed by atoms with Gasteiger partial charge in [0.15, 0.2) is 11.3 Å². The molecule has 0 radical (unpaired) electrons. The molecule has 0 aromatic heterocycles. The van der Waals surface area contributed by atoms with E-state index in [2.05, 4.69) is 10.1 Å². The Morgan fingerprint density at radius 1 is 0.965 bits per heavy atom. The van der Waals surface area contributed by atoms with Crippen molar-refractivity contribution in [2.24, 2.45) is 0 Å². The second-order valence-electron chi connectivity index (χ2n) is 14.8. The molecule has 2 aliphatic heterocycles. The number of nitrogens with zero attached hydrogens (tertiary/aromatic N) is 3. The van der Waals surface area contributed by atoms with E-state index in [0.717, 1.165) is 18.2 Å². The summed E-state index contributed by atoms with van der Waals surface area (Å²) in [5.74, 6) is -2.99. The Balaban J connectivity index is 1.75. The number of likely N-dealkylation sites (tertiary alicyclic amines) is 1. The maximum atomic E-state index is 15.7. The summed E-state index contributed by atoms with van der Waals surface area (Å²) in [7, 11) is 0.441. The van der Waals surface area contributed by atoms with E-state index in [1.54, 1.807) is 58.0 Å². The zero-order valence-electron chi connectivity index (χ0n) is 32.7. The molecule has 310 valence electrons. The van der Waals surface area contributed by atoms with Crippen molar-refractivity contribution in [2.75, 3.05) is 45.7 Å². The molecule has 57 heavy (non-hydrogen) atoms. The van der Waals surface area contributed by atoms with Gasteiger partial charge in [-0.25, -0.2) is 12.7 Å². The number of anilines is 1. The maximum absolute atomic E-state index is 15.7. The number of carbonyl (C=O) groups is 3. The highest BCUT2D eigenvalue weighted by atomic mass is 35.5. The van der Waals surface area contributed by atoms with Crippen LogP contribution in [-0.2, 0) is 41.2 Å². The summed E-state index contributed by atoms with van der Waals surface area (Å²) >= 11 is 6.63. The van der Waals surface area contributed by atoms with Gasteiger partial charge in [0, 0.05) is 55.9 Å². The first kappa shape index (κ1) is 43.5. The molecule has 13 nitrogen and oxygen atoms in total. The van der Waals surface area contributed by atoms with Crippen LogP contribution >= 0.6 is 11.6 Å². The highest BCUT2D eigenvalue weighted by molar-refractivity contribution is 7.93. The summed E-state index contributed by atoms with van der Waals surface area (Å²) in [6.07, 6.45) is -3.84. The fraction of sp³-hybridized carbons (Fsp3) is 0.462. The monoisotopic (exact) mass is 838 g/mol. The Hall–Kier alpha value is -4.58. The number of rotatable bonds is 13. The van der Waals surface area contributed by atoms with Gasteiger partial charge in [-0.1, -0.05) is 24.1 Å². The Kier molecular flexibility index (Phi) is 12.8. The van der Waals surface area contributed by atoms with Gasteiger partial charge in [0.25, 0.3) is 15.9 Å². The topological polar surface area (TPSA) is 144 Å². The number of alkyl halides is 3. The third kappa shape index (κ3) is 8.96. The summed E-state index contributed by atoms with van der Waals surface area (Å²) < 4.78 is 92.0. The van der Waals surface area contributed by atoms with Crippen LogP contribution in [0.15, 0.2) is 59.5 Å². The highest BCUT2D eigenvalue weighted by Gasteiger charge is 2.63. The van der Waals surface area contributed by atoms with Gasteiger partial charge >= 0.3 is 12.3 Å². The summed E-state index contributed by atoms with van der Waals surface area (Å²) in [6.45, 7) is 5.84. The van der Waals surface area contributed by atoms with Crippen LogP contribution in [0, 0.1) is 0 Å². The molecule has 1 saturated heterocycles. The number of amides is 2. The van der Waals surface area contributed by atoms with Gasteiger partial charge in [-0.15, -0.1) is 13.2 Å². The number of likely N-dealkylation sites (N-methyl/N-ethyl adjacent to an activating group) is 1. The fourth-order valence-corrected chi connectivity index (χ4v) is 8.99. The second-order valence-corrected chi connectivity index (χ2v) is 17.0. The van der Waals surface area contributed by atoms with E-state index in [-0.39, 0.29) is 65.3 Å². The molecule has 0 aliphatic carbocycles. The predicted octanol–water partition coefficient (Wildman–Crippen LogP) is 6.00. The number of ether oxygens (including phenoxy) is 4. The molecular weight excluding hydrogens is 793 g/mol. The van der Waals surface area contributed by atoms with Crippen molar-refractivity contribution in [3.05, 3.63) is 76.3 Å². The highest BCUT2D eigenvalue weighted by Crippen LogP contribution is 2.55. The minimum atomic E-state index is -5.32. The van der Waals surface area contributed by atoms with E-state index in [4.69, 9.17) is 25.8 Å². The van der Waals surface area contributed by atoms with E-state index in [1.807, 2.05) is 0 Å². The third-order valence-corrected chi connectivity index (χ3v) is 11.5. The molecule has 1 unspecified atom stereocenters. The van der Waals surface area contributed by atoms with Crippen LogP contribution in [0.3, 0.4) is 0 Å². The zero-order chi connectivity index (χ0) is 42.1. The van der Waals surface area contributed by atoms with Crippen LogP contribution < -0.4 is 23.8 Å². The first-order valence-corrected chi connectivity index (χ1v) is 19.9. The molecule has 2 aliphatic rings. The van der Waals surface area contributed by atoms with Crippen molar-refractivity contribution < 1.29 is 54.9 Å². The lowest BCUT2D eigenvalue weighted by Crippen LogP contribution is -2.62. The number of nitrogens with one attached hydrogen (secondary N) is 1. The van der Waals surface area contributed by atoms with Crippen LogP contribution in [0.5, 0.6) is 17.2 Å². The number of benzene rings is 3. The maximum Gasteiger partial charge on any atom is 0.573 e. The predicted molar refractivity (Wildman–Crippen MR) is 205 cm³/mol. The molecule has 0 saturated carbocycles. The zero-order valence-corrected chi connectivity index (χ0v) is 34.2. The molecule has 2 heterocycles. The Labute approximate surface area is 335 Å². The number of hydrogen-bond acceptors (Lipinski definition) is 11. The lowest BCUT2D eigenvalue weighted by Gasteiger charge is -2.47.